The molecule has 0 bridgehead atoms. The zero-order valence-corrected chi connectivity index (χ0v) is 32.0. The number of para-hydroxylation sites is 2. The van der Waals surface area contributed by atoms with Gasteiger partial charge in [-0.1, -0.05) is 85.2 Å². The van der Waals surface area contributed by atoms with E-state index in [-0.39, 0.29) is 25.6 Å². The second-order valence-corrected chi connectivity index (χ2v) is 19.1. The number of benzene rings is 4. The Kier molecular flexibility index (Phi) is 9.54. The number of aromatic nitrogens is 4. The second kappa shape index (κ2) is 13.7. The van der Waals surface area contributed by atoms with Crippen LogP contribution in [0.3, 0.4) is 0 Å². The molecule has 0 aliphatic rings. The fraction of sp³-hybridized carbons (Fsp3) is 0.167. The molecule has 5 nitrogen and oxygen atoms in total. The summed E-state index contributed by atoms with van der Waals surface area (Å²) in [5, 5.41) is 3.41. The monoisotopic (exact) mass is 835 g/mol. The first-order valence-corrected chi connectivity index (χ1v) is 19.8. The van der Waals surface area contributed by atoms with E-state index in [4.69, 9.17) is 14.4 Å². The van der Waals surface area contributed by atoms with Gasteiger partial charge >= 0.3 is 0 Å². The van der Waals surface area contributed by atoms with E-state index >= 15 is 0 Å². The number of pyridine rings is 2. The van der Waals surface area contributed by atoms with E-state index in [2.05, 4.69) is 105 Å². The molecule has 247 valence electrons. The van der Waals surface area contributed by atoms with Crippen LogP contribution in [-0.4, -0.2) is 27.6 Å². The molecule has 0 aliphatic heterocycles. The molecule has 0 aliphatic carbocycles. The Hall–Kier alpha value is -4.68. The van der Waals surface area contributed by atoms with Crippen LogP contribution in [0.2, 0.25) is 19.6 Å². The van der Waals surface area contributed by atoms with Crippen LogP contribution < -0.4 is 5.19 Å². The summed E-state index contributed by atoms with van der Waals surface area (Å²) in [6.45, 7) is 13.6. The summed E-state index contributed by atoms with van der Waals surface area (Å²) in [6, 6.07) is 45.4. The minimum atomic E-state index is -1.23. The van der Waals surface area contributed by atoms with Crippen LogP contribution in [0.1, 0.15) is 20.8 Å². The van der Waals surface area contributed by atoms with Gasteiger partial charge in [0.25, 0.3) is 0 Å². The third-order valence-electron chi connectivity index (χ3n) is 8.44. The van der Waals surface area contributed by atoms with Crippen molar-refractivity contribution in [1.82, 2.24) is 19.5 Å². The molecule has 49 heavy (non-hydrogen) atoms. The SMILES string of the molecule is CC(C)(C)n1c(-c2[c-]ccc3c2oc2nc(-c4ccccc4)ccc23)nc2ccccc21.C[Si](C)(C)c1ccc(-c2[c-]cccc2)nc1.[Ir]. The molecule has 0 saturated heterocycles. The summed E-state index contributed by atoms with van der Waals surface area (Å²) in [7, 11) is -1.23. The third kappa shape index (κ3) is 6.93. The molecule has 4 aromatic heterocycles. The first-order valence-electron chi connectivity index (χ1n) is 16.3. The van der Waals surface area contributed by atoms with Gasteiger partial charge in [-0.05, 0) is 55.9 Å². The Morgan fingerprint density at radius 2 is 1.43 bits per heavy atom. The number of hydrogen-bond donors (Lipinski definition) is 0. The second-order valence-electron chi connectivity index (χ2n) is 14.0. The van der Waals surface area contributed by atoms with Gasteiger partial charge in [-0.25, -0.2) is 4.98 Å². The molecule has 7 heteroatoms. The number of nitrogens with zero attached hydrogens (tertiary/aromatic N) is 4. The van der Waals surface area contributed by atoms with Crippen LogP contribution >= 0.6 is 0 Å². The maximum Gasteiger partial charge on any atom is 0.216 e. The first kappa shape index (κ1) is 34.2. The quantitative estimate of drug-likeness (QED) is 0.131. The van der Waals surface area contributed by atoms with Crippen LogP contribution in [0.15, 0.2) is 126 Å². The summed E-state index contributed by atoms with van der Waals surface area (Å²) in [6.07, 6.45) is 2.02. The van der Waals surface area contributed by atoms with Gasteiger partial charge in [0.1, 0.15) is 0 Å². The van der Waals surface area contributed by atoms with Gasteiger partial charge in [0.2, 0.25) is 5.71 Å². The van der Waals surface area contributed by atoms with E-state index in [9.17, 15) is 0 Å². The van der Waals surface area contributed by atoms with Gasteiger partial charge < -0.3 is 14.0 Å². The van der Waals surface area contributed by atoms with Gasteiger partial charge in [-0.3, -0.25) is 4.98 Å². The summed E-state index contributed by atoms with van der Waals surface area (Å²) in [4.78, 5) is 14.3. The predicted octanol–water partition coefficient (Wildman–Crippen LogP) is 10.3. The number of furan rings is 1. The molecule has 0 N–H and O–H groups in total. The summed E-state index contributed by atoms with van der Waals surface area (Å²) >= 11 is 0. The number of fused-ring (bicyclic) bond motifs is 4. The van der Waals surface area contributed by atoms with Crippen molar-refractivity contribution in [3.05, 3.63) is 134 Å². The largest absolute Gasteiger partial charge is 0.486 e. The Labute approximate surface area is 302 Å². The molecule has 0 amide bonds. The molecule has 1 radical (unpaired) electrons. The summed E-state index contributed by atoms with van der Waals surface area (Å²) in [5.41, 5.74) is 8.17. The Bertz CT molecular complexity index is 2350. The van der Waals surface area contributed by atoms with E-state index < -0.39 is 8.07 Å². The average Bonchev–Trinajstić information content (AvgIpc) is 3.68. The van der Waals surface area contributed by atoms with E-state index in [1.165, 1.54) is 5.19 Å². The van der Waals surface area contributed by atoms with E-state index in [0.717, 1.165) is 61.3 Å². The molecule has 0 fully saturated rings. The Morgan fingerprint density at radius 3 is 2.12 bits per heavy atom. The van der Waals surface area contributed by atoms with Crippen molar-refractivity contribution >= 4 is 46.4 Å². The maximum absolute atomic E-state index is 6.37. The minimum absolute atomic E-state index is 0. The van der Waals surface area contributed by atoms with Gasteiger partial charge in [0.15, 0.2) is 0 Å². The summed E-state index contributed by atoms with van der Waals surface area (Å²) < 4.78 is 8.64. The van der Waals surface area contributed by atoms with E-state index in [1.54, 1.807) is 0 Å². The molecule has 0 spiro atoms. The number of imidazole rings is 1. The maximum atomic E-state index is 6.37. The van der Waals surface area contributed by atoms with Crippen LogP contribution in [0.5, 0.6) is 0 Å². The predicted molar refractivity (Wildman–Crippen MR) is 201 cm³/mol. The van der Waals surface area contributed by atoms with Crippen molar-refractivity contribution in [1.29, 1.82) is 0 Å². The van der Waals surface area contributed by atoms with Crippen molar-refractivity contribution in [2.75, 3.05) is 0 Å². The Balaban J connectivity index is 0.000000208. The molecule has 0 atom stereocenters. The van der Waals surface area contributed by atoms with Gasteiger partial charge in [0, 0.05) is 42.8 Å². The van der Waals surface area contributed by atoms with Crippen molar-refractivity contribution in [3.8, 4) is 33.9 Å². The zero-order valence-electron chi connectivity index (χ0n) is 28.6. The van der Waals surface area contributed by atoms with E-state index in [0.29, 0.717) is 5.71 Å². The van der Waals surface area contributed by atoms with Crippen LogP contribution in [-0.2, 0) is 25.6 Å². The molecule has 4 aromatic carbocycles. The smallest absolute Gasteiger partial charge is 0.216 e. The van der Waals surface area contributed by atoms with Crippen LogP contribution in [0.4, 0.5) is 0 Å². The standard InChI is InChI=1S/C28H22N3O.C14H16NSi.Ir/c1-28(2,3)31-24-15-8-7-14-23(24)29-26(31)21-13-9-12-19-20-16-17-22(18-10-5-4-6-11-18)30-27(20)32-25(19)21;1-16(2,3)13-9-10-14(15-11-13)12-7-5-4-6-8-12;/h4-12,14-17H,1-3H3;4-7,9-11H,1-3H3;/q2*-1;. The molecule has 8 rings (SSSR count). The average molecular weight is 835 g/mol. The third-order valence-corrected chi connectivity index (χ3v) is 10.5. The molecule has 0 unspecified atom stereocenters. The molecular formula is C42H38IrN4OSi-2. The van der Waals surface area contributed by atoms with Gasteiger partial charge in [0.05, 0.1) is 36.2 Å². The molecule has 0 saturated carbocycles. The van der Waals surface area contributed by atoms with Crippen molar-refractivity contribution in [2.45, 2.75) is 46.0 Å². The fourth-order valence-corrected chi connectivity index (χ4v) is 7.02. The van der Waals surface area contributed by atoms with Crippen molar-refractivity contribution in [3.63, 3.8) is 0 Å². The molecular weight excluding hydrogens is 797 g/mol. The first-order chi connectivity index (χ1) is 23.1. The Morgan fingerprint density at radius 1 is 0.694 bits per heavy atom. The van der Waals surface area contributed by atoms with Gasteiger partial charge in [-0.2, -0.15) is 0 Å². The van der Waals surface area contributed by atoms with Crippen molar-refractivity contribution < 1.29 is 24.5 Å². The topological polar surface area (TPSA) is 56.7 Å². The normalized spacial score (nSPS) is 11.7. The van der Waals surface area contributed by atoms with Crippen LogP contribution in [0.25, 0.3) is 67.0 Å². The molecule has 4 heterocycles. The van der Waals surface area contributed by atoms with Gasteiger partial charge in [-0.15, -0.1) is 54.1 Å². The number of hydrogen-bond acceptors (Lipinski definition) is 4. The number of rotatable bonds is 4. The van der Waals surface area contributed by atoms with Crippen molar-refractivity contribution in [2.24, 2.45) is 0 Å². The molecule has 8 aromatic rings. The minimum Gasteiger partial charge on any atom is -0.486 e. The summed E-state index contributed by atoms with van der Waals surface area (Å²) in [5.74, 6) is 0.853. The van der Waals surface area contributed by atoms with E-state index in [1.807, 2.05) is 79.0 Å². The van der Waals surface area contributed by atoms with Crippen LogP contribution in [0, 0.1) is 12.1 Å². The fourth-order valence-electron chi connectivity index (χ4n) is 5.98. The zero-order chi connectivity index (χ0) is 33.5.